The Bertz CT molecular complexity index is 1080. The predicted octanol–water partition coefficient (Wildman–Crippen LogP) is 5.48. The largest absolute Gasteiger partial charge is 0.334 e. The highest BCUT2D eigenvalue weighted by molar-refractivity contribution is 6.30. The van der Waals surface area contributed by atoms with Crippen LogP contribution in [-0.2, 0) is 0 Å². The Hall–Kier alpha value is -3.10. The molecule has 5 nitrogen and oxygen atoms in total. The summed E-state index contributed by atoms with van der Waals surface area (Å²) < 4.78 is 1.92. The van der Waals surface area contributed by atoms with E-state index in [9.17, 15) is 10.1 Å². The van der Waals surface area contributed by atoms with Gasteiger partial charge in [0.25, 0.3) is 5.91 Å². The number of carbonyl (C=O) groups excluding carboxylic acids is 1. The molecule has 6 heteroatoms. The van der Waals surface area contributed by atoms with Crippen LogP contribution in [0.15, 0.2) is 54.7 Å². The maximum absolute atomic E-state index is 12.9. The molecule has 0 spiro atoms. The number of nitriles is 1. The van der Waals surface area contributed by atoms with Crippen LogP contribution < -0.4 is 5.32 Å². The molecule has 29 heavy (non-hydrogen) atoms. The summed E-state index contributed by atoms with van der Waals surface area (Å²) in [5.41, 5.74) is 3.14. The molecule has 0 saturated carbocycles. The molecule has 0 fully saturated rings. The molecular weight excluding hydrogens is 384 g/mol. The summed E-state index contributed by atoms with van der Waals surface area (Å²) >= 11 is 6.03. The number of aromatic nitrogens is 2. The average Bonchev–Trinajstić information content (AvgIpc) is 3.18. The standard InChI is InChI=1S/C23H23ClN4O/c1-15(2)28-21(9-10-26-28)18-11-17(16-5-7-20(24)8-6-16)12-19(13-18)22(29)27-23(3,4)14-25/h5-13,15H,1-4H3,(H,27,29). The number of benzene rings is 2. The molecule has 3 rings (SSSR count). The minimum Gasteiger partial charge on any atom is -0.334 e. The van der Waals surface area contributed by atoms with E-state index in [1.165, 1.54) is 0 Å². The van der Waals surface area contributed by atoms with E-state index in [0.717, 1.165) is 22.4 Å². The van der Waals surface area contributed by atoms with Gasteiger partial charge >= 0.3 is 0 Å². The highest BCUT2D eigenvalue weighted by atomic mass is 35.5. The number of nitrogens with one attached hydrogen (secondary N) is 1. The fourth-order valence-corrected chi connectivity index (χ4v) is 3.18. The van der Waals surface area contributed by atoms with E-state index in [1.807, 2.05) is 53.2 Å². The van der Waals surface area contributed by atoms with Crippen molar-refractivity contribution in [1.82, 2.24) is 15.1 Å². The molecule has 3 aromatic rings. The van der Waals surface area contributed by atoms with E-state index in [-0.39, 0.29) is 11.9 Å². The molecule has 1 N–H and O–H groups in total. The van der Waals surface area contributed by atoms with Crippen LogP contribution in [0, 0.1) is 11.3 Å². The Morgan fingerprint density at radius 2 is 1.76 bits per heavy atom. The van der Waals surface area contributed by atoms with Gasteiger partial charge in [0, 0.05) is 28.4 Å². The summed E-state index contributed by atoms with van der Waals surface area (Å²) in [5, 5.41) is 17.1. The van der Waals surface area contributed by atoms with E-state index in [1.54, 1.807) is 20.0 Å². The van der Waals surface area contributed by atoms with Crippen molar-refractivity contribution < 1.29 is 4.79 Å². The van der Waals surface area contributed by atoms with Gasteiger partial charge in [0.2, 0.25) is 0 Å². The third-order valence-electron chi connectivity index (χ3n) is 4.53. The normalized spacial score (nSPS) is 11.3. The Kier molecular flexibility index (Phi) is 5.76. The monoisotopic (exact) mass is 406 g/mol. The lowest BCUT2D eigenvalue weighted by atomic mass is 9.97. The van der Waals surface area contributed by atoms with Gasteiger partial charge in [-0.2, -0.15) is 10.4 Å². The average molecular weight is 407 g/mol. The smallest absolute Gasteiger partial charge is 0.252 e. The summed E-state index contributed by atoms with van der Waals surface area (Å²) in [7, 11) is 0. The minimum absolute atomic E-state index is 0.175. The SMILES string of the molecule is CC(C)n1nccc1-c1cc(C(=O)NC(C)(C)C#N)cc(-c2ccc(Cl)cc2)c1. The lowest BCUT2D eigenvalue weighted by molar-refractivity contribution is 0.0929. The fourth-order valence-electron chi connectivity index (χ4n) is 3.05. The first-order valence-electron chi connectivity index (χ1n) is 9.39. The summed E-state index contributed by atoms with van der Waals surface area (Å²) in [6.45, 7) is 7.45. The number of halogens is 1. The fraction of sp³-hybridized carbons (Fsp3) is 0.261. The van der Waals surface area contributed by atoms with Gasteiger partial charge in [0.15, 0.2) is 0 Å². The summed E-state index contributed by atoms with van der Waals surface area (Å²) in [6.07, 6.45) is 1.75. The van der Waals surface area contributed by atoms with Crippen molar-refractivity contribution in [3.63, 3.8) is 0 Å². The molecule has 0 bridgehead atoms. The second-order valence-corrected chi connectivity index (χ2v) is 8.19. The highest BCUT2D eigenvalue weighted by Gasteiger charge is 2.21. The number of hydrogen-bond donors (Lipinski definition) is 1. The third-order valence-corrected chi connectivity index (χ3v) is 4.79. The van der Waals surface area contributed by atoms with E-state index in [4.69, 9.17) is 11.6 Å². The zero-order valence-electron chi connectivity index (χ0n) is 16.9. The van der Waals surface area contributed by atoms with Crippen molar-refractivity contribution in [3.05, 3.63) is 65.3 Å². The zero-order valence-corrected chi connectivity index (χ0v) is 17.7. The second-order valence-electron chi connectivity index (χ2n) is 7.75. The molecule has 1 amide bonds. The molecule has 148 valence electrons. The van der Waals surface area contributed by atoms with E-state index >= 15 is 0 Å². The molecule has 1 aromatic heterocycles. The number of nitrogens with zero attached hydrogens (tertiary/aromatic N) is 3. The molecular formula is C23H23ClN4O. The van der Waals surface area contributed by atoms with E-state index < -0.39 is 5.54 Å². The number of rotatable bonds is 5. The number of carbonyl (C=O) groups is 1. The molecule has 2 aromatic carbocycles. The van der Waals surface area contributed by atoms with Crippen LogP contribution in [0.5, 0.6) is 0 Å². The molecule has 0 aliphatic rings. The maximum Gasteiger partial charge on any atom is 0.252 e. The predicted molar refractivity (Wildman–Crippen MR) is 116 cm³/mol. The van der Waals surface area contributed by atoms with Gasteiger partial charge in [-0.05, 0) is 75.2 Å². The van der Waals surface area contributed by atoms with Gasteiger partial charge in [0.1, 0.15) is 5.54 Å². The Balaban J connectivity index is 2.14. The lowest BCUT2D eigenvalue weighted by Gasteiger charge is -2.19. The minimum atomic E-state index is -0.965. The van der Waals surface area contributed by atoms with Crippen LogP contribution in [0.3, 0.4) is 0 Å². The van der Waals surface area contributed by atoms with Crippen molar-refractivity contribution in [2.45, 2.75) is 39.3 Å². The molecule has 0 atom stereocenters. The first-order chi connectivity index (χ1) is 13.7. The Morgan fingerprint density at radius 1 is 1.10 bits per heavy atom. The topological polar surface area (TPSA) is 70.7 Å². The quantitative estimate of drug-likeness (QED) is 0.609. The van der Waals surface area contributed by atoms with Crippen molar-refractivity contribution in [3.8, 4) is 28.5 Å². The van der Waals surface area contributed by atoms with Crippen molar-refractivity contribution in [1.29, 1.82) is 5.26 Å². The van der Waals surface area contributed by atoms with E-state index in [2.05, 4.69) is 30.3 Å². The maximum atomic E-state index is 12.9. The van der Waals surface area contributed by atoms with Crippen LogP contribution in [-0.4, -0.2) is 21.2 Å². The van der Waals surface area contributed by atoms with Gasteiger partial charge in [0.05, 0.1) is 11.8 Å². The van der Waals surface area contributed by atoms with Crippen LogP contribution in [0.1, 0.15) is 44.1 Å². The Labute approximate surface area is 175 Å². The zero-order chi connectivity index (χ0) is 21.2. The van der Waals surface area contributed by atoms with E-state index in [0.29, 0.717) is 10.6 Å². The first-order valence-corrected chi connectivity index (χ1v) is 9.76. The summed E-state index contributed by atoms with van der Waals surface area (Å²) in [4.78, 5) is 12.9. The van der Waals surface area contributed by atoms with Crippen LogP contribution in [0.4, 0.5) is 0 Å². The van der Waals surface area contributed by atoms with Gasteiger partial charge in [-0.15, -0.1) is 0 Å². The highest BCUT2D eigenvalue weighted by Crippen LogP contribution is 2.30. The van der Waals surface area contributed by atoms with Gasteiger partial charge in [-0.25, -0.2) is 0 Å². The molecule has 0 aliphatic heterocycles. The molecule has 0 unspecified atom stereocenters. The molecule has 0 aliphatic carbocycles. The molecule has 0 saturated heterocycles. The van der Waals surface area contributed by atoms with Crippen LogP contribution in [0.25, 0.3) is 22.4 Å². The number of amides is 1. The van der Waals surface area contributed by atoms with Crippen molar-refractivity contribution in [2.24, 2.45) is 0 Å². The van der Waals surface area contributed by atoms with Gasteiger partial charge in [-0.3, -0.25) is 9.48 Å². The second kappa shape index (κ2) is 8.10. The summed E-state index contributed by atoms with van der Waals surface area (Å²) in [6, 6.07) is 17.4. The summed E-state index contributed by atoms with van der Waals surface area (Å²) in [5.74, 6) is -0.302. The van der Waals surface area contributed by atoms with Crippen LogP contribution >= 0.6 is 11.6 Å². The van der Waals surface area contributed by atoms with Crippen LogP contribution in [0.2, 0.25) is 5.02 Å². The van der Waals surface area contributed by atoms with Gasteiger partial charge < -0.3 is 5.32 Å². The lowest BCUT2D eigenvalue weighted by Crippen LogP contribution is -2.42. The molecule has 0 radical (unpaired) electrons. The first kappa shape index (κ1) is 20.6. The number of hydrogen-bond acceptors (Lipinski definition) is 3. The Morgan fingerprint density at radius 3 is 2.38 bits per heavy atom. The molecule has 1 heterocycles. The van der Waals surface area contributed by atoms with Crippen molar-refractivity contribution >= 4 is 17.5 Å². The van der Waals surface area contributed by atoms with Crippen molar-refractivity contribution in [2.75, 3.05) is 0 Å². The van der Waals surface area contributed by atoms with Gasteiger partial charge in [-0.1, -0.05) is 23.7 Å². The third kappa shape index (κ3) is 4.67.